The standard InChI is InChI=1S/C20H19N7/c1-13-21-14(2)23-19(22-13)15-7-6-8-16(11-15)26-12-25(3)27-18-10-5-4-9-17(18)24-20(26)27/h4-11H,12H2,1-3H3. The Bertz CT molecular complexity index is 1140. The van der Waals surface area contributed by atoms with Crippen molar-refractivity contribution in [3.05, 3.63) is 60.2 Å². The highest BCUT2D eigenvalue weighted by Gasteiger charge is 2.28. The first-order valence-electron chi connectivity index (χ1n) is 8.86. The lowest BCUT2D eigenvalue weighted by Gasteiger charge is -2.18. The van der Waals surface area contributed by atoms with E-state index in [0.29, 0.717) is 5.82 Å². The van der Waals surface area contributed by atoms with E-state index in [4.69, 9.17) is 4.98 Å². The van der Waals surface area contributed by atoms with Crippen molar-refractivity contribution < 1.29 is 0 Å². The van der Waals surface area contributed by atoms with Crippen LogP contribution >= 0.6 is 0 Å². The van der Waals surface area contributed by atoms with Crippen LogP contribution in [0.4, 0.5) is 11.6 Å². The van der Waals surface area contributed by atoms with Crippen molar-refractivity contribution in [1.29, 1.82) is 0 Å². The molecule has 5 rings (SSSR count). The molecule has 0 bridgehead atoms. The summed E-state index contributed by atoms with van der Waals surface area (Å²) in [6.07, 6.45) is 0. The quantitative estimate of drug-likeness (QED) is 0.549. The summed E-state index contributed by atoms with van der Waals surface area (Å²) in [4.78, 5) is 20.3. The Morgan fingerprint density at radius 3 is 2.44 bits per heavy atom. The topological polar surface area (TPSA) is 63.0 Å². The van der Waals surface area contributed by atoms with Crippen molar-refractivity contribution >= 4 is 22.7 Å². The SMILES string of the molecule is Cc1nc(C)nc(-c2cccc(N3CN(C)n4c3nc3ccccc34)c2)n1. The molecule has 2 aromatic heterocycles. The molecule has 0 aliphatic carbocycles. The largest absolute Gasteiger partial charge is 0.292 e. The fourth-order valence-electron chi connectivity index (χ4n) is 3.60. The summed E-state index contributed by atoms with van der Waals surface area (Å²) >= 11 is 0. The maximum absolute atomic E-state index is 4.84. The van der Waals surface area contributed by atoms with Gasteiger partial charge in [-0.2, -0.15) is 0 Å². The third-order valence-corrected chi connectivity index (χ3v) is 4.72. The molecule has 0 saturated carbocycles. The van der Waals surface area contributed by atoms with E-state index in [2.05, 4.69) is 54.8 Å². The number of fused-ring (bicyclic) bond motifs is 3. The summed E-state index contributed by atoms with van der Waals surface area (Å²) in [5.74, 6) is 3.07. The summed E-state index contributed by atoms with van der Waals surface area (Å²) < 4.78 is 2.15. The lowest BCUT2D eigenvalue weighted by Crippen LogP contribution is -2.29. The van der Waals surface area contributed by atoms with E-state index in [1.807, 2.05) is 44.2 Å². The van der Waals surface area contributed by atoms with Crippen LogP contribution in [0.1, 0.15) is 11.6 Å². The number of benzene rings is 2. The molecule has 0 spiro atoms. The molecular weight excluding hydrogens is 338 g/mol. The molecule has 0 N–H and O–H groups in total. The minimum Gasteiger partial charge on any atom is -0.292 e. The number of hydrogen-bond donors (Lipinski definition) is 0. The Balaban J connectivity index is 1.61. The highest BCUT2D eigenvalue weighted by molar-refractivity contribution is 5.82. The first-order chi connectivity index (χ1) is 13.1. The van der Waals surface area contributed by atoms with E-state index >= 15 is 0 Å². The molecule has 7 heteroatoms. The van der Waals surface area contributed by atoms with Gasteiger partial charge in [0.15, 0.2) is 5.82 Å². The number of nitrogens with zero attached hydrogens (tertiary/aromatic N) is 7. The number of hydrogen-bond acceptors (Lipinski definition) is 6. The van der Waals surface area contributed by atoms with Crippen LogP contribution < -0.4 is 9.91 Å². The highest BCUT2D eigenvalue weighted by Crippen LogP contribution is 2.34. The number of aromatic nitrogens is 5. The maximum Gasteiger partial charge on any atom is 0.232 e. The zero-order chi connectivity index (χ0) is 18.5. The molecule has 0 radical (unpaired) electrons. The molecule has 7 nitrogen and oxygen atoms in total. The summed E-state index contributed by atoms with van der Waals surface area (Å²) in [6.45, 7) is 4.51. The van der Waals surface area contributed by atoms with Gasteiger partial charge >= 0.3 is 0 Å². The molecule has 1 aliphatic heterocycles. The van der Waals surface area contributed by atoms with Crippen LogP contribution in [0.3, 0.4) is 0 Å². The first-order valence-corrected chi connectivity index (χ1v) is 8.86. The number of imidazole rings is 1. The van der Waals surface area contributed by atoms with Crippen molar-refractivity contribution in [3.63, 3.8) is 0 Å². The van der Waals surface area contributed by atoms with Crippen molar-refractivity contribution in [2.75, 3.05) is 23.6 Å². The summed E-state index contributed by atoms with van der Waals surface area (Å²) in [5, 5.41) is 2.16. The average Bonchev–Trinajstić information content (AvgIpc) is 3.19. The second kappa shape index (κ2) is 5.77. The minimum atomic E-state index is 0.697. The van der Waals surface area contributed by atoms with E-state index in [1.54, 1.807) is 0 Å². The number of anilines is 2. The number of rotatable bonds is 2. The molecule has 0 unspecified atom stereocenters. The van der Waals surface area contributed by atoms with Gasteiger partial charge in [0.1, 0.15) is 18.3 Å². The molecule has 27 heavy (non-hydrogen) atoms. The van der Waals surface area contributed by atoms with Gasteiger partial charge in [-0.1, -0.05) is 24.3 Å². The Hall–Kier alpha value is -3.48. The van der Waals surface area contributed by atoms with E-state index < -0.39 is 0 Å². The smallest absolute Gasteiger partial charge is 0.232 e. The highest BCUT2D eigenvalue weighted by atomic mass is 15.7. The van der Waals surface area contributed by atoms with E-state index in [1.165, 1.54) is 0 Å². The molecule has 4 aromatic rings. The van der Waals surface area contributed by atoms with Gasteiger partial charge in [-0.05, 0) is 38.1 Å². The molecule has 0 fully saturated rings. The predicted octanol–water partition coefficient (Wildman–Crippen LogP) is 3.18. The summed E-state index contributed by atoms with van der Waals surface area (Å²) in [6, 6.07) is 16.5. The Morgan fingerprint density at radius 1 is 0.852 bits per heavy atom. The lowest BCUT2D eigenvalue weighted by atomic mass is 10.2. The zero-order valence-corrected chi connectivity index (χ0v) is 15.5. The van der Waals surface area contributed by atoms with Crippen LogP contribution in [0.2, 0.25) is 0 Å². The van der Waals surface area contributed by atoms with Crippen molar-refractivity contribution in [2.45, 2.75) is 13.8 Å². The van der Waals surface area contributed by atoms with Gasteiger partial charge in [-0.3, -0.25) is 9.91 Å². The third-order valence-electron chi connectivity index (χ3n) is 4.72. The average molecular weight is 357 g/mol. The summed E-state index contributed by atoms with van der Waals surface area (Å²) in [7, 11) is 2.07. The molecule has 134 valence electrons. The Labute approximate surface area is 156 Å². The Morgan fingerprint density at radius 2 is 1.63 bits per heavy atom. The maximum atomic E-state index is 4.84. The van der Waals surface area contributed by atoms with E-state index in [-0.39, 0.29) is 0 Å². The second-order valence-electron chi connectivity index (χ2n) is 6.74. The van der Waals surface area contributed by atoms with Gasteiger partial charge in [-0.15, -0.1) is 0 Å². The molecule has 0 amide bonds. The second-order valence-corrected chi connectivity index (χ2v) is 6.74. The molecular formula is C20H19N7. The monoisotopic (exact) mass is 357 g/mol. The van der Waals surface area contributed by atoms with Gasteiger partial charge in [0, 0.05) is 18.3 Å². The fraction of sp³-hybridized carbons (Fsp3) is 0.200. The minimum absolute atomic E-state index is 0.697. The predicted molar refractivity (Wildman–Crippen MR) is 106 cm³/mol. The number of para-hydroxylation sites is 2. The van der Waals surface area contributed by atoms with Crippen LogP contribution in [-0.4, -0.2) is 38.3 Å². The lowest BCUT2D eigenvalue weighted by molar-refractivity contribution is 0.759. The molecule has 2 aromatic carbocycles. The van der Waals surface area contributed by atoms with Gasteiger partial charge in [0.25, 0.3) is 0 Å². The fourth-order valence-corrected chi connectivity index (χ4v) is 3.60. The zero-order valence-electron chi connectivity index (χ0n) is 15.5. The molecule has 0 saturated heterocycles. The van der Waals surface area contributed by atoms with E-state index in [0.717, 1.165) is 46.6 Å². The third kappa shape index (κ3) is 2.51. The van der Waals surface area contributed by atoms with Gasteiger partial charge in [0.2, 0.25) is 5.95 Å². The van der Waals surface area contributed by atoms with Crippen LogP contribution in [0.25, 0.3) is 22.4 Å². The van der Waals surface area contributed by atoms with Gasteiger partial charge in [0.05, 0.1) is 11.0 Å². The van der Waals surface area contributed by atoms with Crippen LogP contribution in [0, 0.1) is 13.8 Å². The molecule has 3 heterocycles. The normalized spacial score (nSPS) is 13.4. The number of aryl methyl sites for hydroxylation is 2. The molecule has 0 atom stereocenters. The van der Waals surface area contributed by atoms with Crippen molar-refractivity contribution in [3.8, 4) is 11.4 Å². The summed E-state index contributed by atoms with van der Waals surface area (Å²) in [5.41, 5.74) is 4.13. The van der Waals surface area contributed by atoms with Crippen molar-refractivity contribution in [1.82, 2.24) is 24.6 Å². The Kier molecular flexibility index (Phi) is 3.36. The van der Waals surface area contributed by atoms with Crippen LogP contribution in [-0.2, 0) is 0 Å². The van der Waals surface area contributed by atoms with Gasteiger partial charge in [-0.25, -0.2) is 24.6 Å². The first kappa shape index (κ1) is 15.7. The van der Waals surface area contributed by atoms with E-state index in [9.17, 15) is 0 Å². The van der Waals surface area contributed by atoms with Crippen LogP contribution in [0.15, 0.2) is 48.5 Å². The van der Waals surface area contributed by atoms with Crippen molar-refractivity contribution in [2.24, 2.45) is 0 Å². The van der Waals surface area contributed by atoms with Gasteiger partial charge < -0.3 is 0 Å². The van der Waals surface area contributed by atoms with Crippen LogP contribution in [0.5, 0.6) is 0 Å². The molecule has 1 aliphatic rings.